The molecule has 2 fully saturated rings. The van der Waals surface area contributed by atoms with Gasteiger partial charge in [0.05, 0.1) is 17.5 Å². The van der Waals surface area contributed by atoms with E-state index in [4.69, 9.17) is 4.74 Å². The molecule has 68 valence electrons. The molecule has 0 radical (unpaired) electrons. The van der Waals surface area contributed by atoms with E-state index in [0.717, 1.165) is 32.6 Å². The van der Waals surface area contributed by atoms with Gasteiger partial charge in [0.2, 0.25) is 5.91 Å². The Hall–Kier alpha value is -0.0900. The standard InChI is InChI=1S/C8H12BrNO2/c9-7-1-3-10(8(7)11)6-2-4-12-5-6/h6-7H,1-5H2. The van der Waals surface area contributed by atoms with E-state index in [2.05, 4.69) is 15.9 Å². The first-order chi connectivity index (χ1) is 5.79. The molecule has 0 saturated carbocycles. The highest BCUT2D eigenvalue weighted by atomic mass is 79.9. The molecule has 0 N–H and O–H groups in total. The van der Waals surface area contributed by atoms with E-state index in [-0.39, 0.29) is 10.7 Å². The Bertz CT molecular complexity index is 191. The number of carbonyl (C=O) groups is 1. The molecule has 12 heavy (non-hydrogen) atoms. The van der Waals surface area contributed by atoms with Crippen molar-refractivity contribution in [3.8, 4) is 0 Å². The second-order valence-electron chi connectivity index (χ2n) is 3.31. The topological polar surface area (TPSA) is 29.5 Å². The molecule has 2 rings (SSSR count). The second kappa shape index (κ2) is 3.34. The molecule has 0 aromatic rings. The molecule has 2 aliphatic rings. The molecule has 4 heteroatoms. The van der Waals surface area contributed by atoms with Gasteiger partial charge in [0.1, 0.15) is 0 Å². The predicted octanol–water partition coefficient (Wildman–Crippen LogP) is 0.771. The van der Waals surface area contributed by atoms with Crippen molar-refractivity contribution in [2.24, 2.45) is 0 Å². The van der Waals surface area contributed by atoms with Crippen LogP contribution >= 0.6 is 15.9 Å². The number of carbonyl (C=O) groups excluding carboxylic acids is 1. The normalized spacial score (nSPS) is 36.4. The summed E-state index contributed by atoms with van der Waals surface area (Å²) in [4.78, 5) is 13.5. The molecule has 0 aromatic carbocycles. The van der Waals surface area contributed by atoms with Crippen LogP contribution in [0.2, 0.25) is 0 Å². The minimum absolute atomic E-state index is 0.0538. The third kappa shape index (κ3) is 1.38. The van der Waals surface area contributed by atoms with Gasteiger partial charge in [0.15, 0.2) is 0 Å². The fourth-order valence-electron chi connectivity index (χ4n) is 1.80. The van der Waals surface area contributed by atoms with Gasteiger partial charge in [-0.15, -0.1) is 0 Å². The average Bonchev–Trinajstić information content (AvgIpc) is 2.64. The lowest BCUT2D eigenvalue weighted by Gasteiger charge is -2.21. The number of hydrogen-bond donors (Lipinski definition) is 0. The van der Waals surface area contributed by atoms with E-state index in [1.165, 1.54) is 0 Å². The van der Waals surface area contributed by atoms with Crippen LogP contribution in [0.1, 0.15) is 12.8 Å². The number of rotatable bonds is 1. The summed E-state index contributed by atoms with van der Waals surface area (Å²) in [7, 11) is 0. The molecule has 2 aliphatic heterocycles. The molecule has 0 spiro atoms. The molecule has 2 unspecified atom stereocenters. The van der Waals surface area contributed by atoms with Gasteiger partial charge in [-0.2, -0.15) is 0 Å². The number of ether oxygens (including phenoxy) is 1. The number of likely N-dealkylation sites (tertiary alicyclic amines) is 1. The number of halogens is 1. The van der Waals surface area contributed by atoms with Gasteiger partial charge in [-0.1, -0.05) is 15.9 Å². The summed E-state index contributed by atoms with van der Waals surface area (Å²) in [5, 5.41) is 0. The maximum atomic E-state index is 11.5. The molecule has 0 aliphatic carbocycles. The molecule has 2 saturated heterocycles. The van der Waals surface area contributed by atoms with Crippen molar-refractivity contribution in [2.75, 3.05) is 19.8 Å². The highest BCUT2D eigenvalue weighted by molar-refractivity contribution is 9.10. The van der Waals surface area contributed by atoms with Crippen LogP contribution in [0.15, 0.2) is 0 Å². The zero-order chi connectivity index (χ0) is 8.55. The molecule has 1 amide bonds. The first-order valence-electron chi connectivity index (χ1n) is 4.31. The molecule has 0 aromatic heterocycles. The molecule has 2 atom stereocenters. The quantitative estimate of drug-likeness (QED) is 0.627. The Morgan fingerprint density at radius 3 is 2.83 bits per heavy atom. The first-order valence-corrected chi connectivity index (χ1v) is 5.23. The second-order valence-corrected chi connectivity index (χ2v) is 4.41. The van der Waals surface area contributed by atoms with E-state index in [1.54, 1.807) is 0 Å². The van der Waals surface area contributed by atoms with Gasteiger partial charge in [0.25, 0.3) is 0 Å². The van der Waals surface area contributed by atoms with Crippen LogP contribution in [-0.4, -0.2) is 41.4 Å². The van der Waals surface area contributed by atoms with Crippen molar-refractivity contribution in [3.05, 3.63) is 0 Å². The van der Waals surface area contributed by atoms with E-state index >= 15 is 0 Å². The fourth-order valence-corrected chi connectivity index (χ4v) is 2.26. The monoisotopic (exact) mass is 233 g/mol. The maximum Gasteiger partial charge on any atom is 0.236 e. The van der Waals surface area contributed by atoms with Gasteiger partial charge in [-0.05, 0) is 12.8 Å². The third-order valence-electron chi connectivity index (χ3n) is 2.52. The Morgan fingerprint density at radius 1 is 1.50 bits per heavy atom. The van der Waals surface area contributed by atoms with E-state index in [9.17, 15) is 4.79 Å². The summed E-state index contributed by atoms with van der Waals surface area (Å²) in [6.45, 7) is 2.43. The smallest absolute Gasteiger partial charge is 0.236 e. The van der Waals surface area contributed by atoms with Crippen molar-refractivity contribution in [1.29, 1.82) is 0 Å². The van der Waals surface area contributed by atoms with E-state index in [0.29, 0.717) is 6.04 Å². The van der Waals surface area contributed by atoms with Gasteiger partial charge >= 0.3 is 0 Å². The van der Waals surface area contributed by atoms with E-state index < -0.39 is 0 Å². The van der Waals surface area contributed by atoms with E-state index in [1.807, 2.05) is 4.90 Å². The van der Waals surface area contributed by atoms with Crippen LogP contribution in [0.25, 0.3) is 0 Å². The Kier molecular flexibility index (Phi) is 2.37. The van der Waals surface area contributed by atoms with Crippen molar-refractivity contribution in [3.63, 3.8) is 0 Å². The van der Waals surface area contributed by atoms with Crippen LogP contribution in [0.4, 0.5) is 0 Å². The number of nitrogens with zero attached hydrogens (tertiary/aromatic N) is 1. The van der Waals surface area contributed by atoms with Crippen molar-refractivity contribution < 1.29 is 9.53 Å². The van der Waals surface area contributed by atoms with Crippen LogP contribution in [0.5, 0.6) is 0 Å². The molecular weight excluding hydrogens is 222 g/mol. The maximum absolute atomic E-state index is 11.5. The van der Waals surface area contributed by atoms with Crippen molar-refractivity contribution >= 4 is 21.8 Å². The zero-order valence-electron chi connectivity index (χ0n) is 6.83. The third-order valence-corrected chi connectivity index (χ3v) is 3.37. The van der Waals surface area contributed by atoms with Crippen molar-refractivity contribution in [1.82, 2.24) is 4.90 Å². The lowest BCUT2D eigenvalue weighted by Crippen LogP contribution is -2.38. The van der Waals surface area contributed by atoms with Gasteiger partial charge in [-0.3, -0.25) is 4.79 Å². The SMILES string of the molecule is O=C1C(Br)CCN1C1CCOC1. The molecule has 2 heterocycles. The summed E-state index contributed by atoms with van der Waals surface area (Å²) in [6.07, 6.45) is 1.95. The predicted molar refractivity (Wildman–Crippen MR) is 48.3 cm³/mol. The highest BCUT2D eigenvalue weighted by Gasteiger charge is 2.35. The average molecular weight is 234 g/mol. The molecular formula is C8H12BrNO2. The van der Waals surface area contributed by atoms with Crippen LogP contribution in [0.3, 0.4) is 0 Å². The summed E-state index contributed by atoms with van der Waals surface area (Å²) < 4.78 is 5.24. The minimum atomic E-state index is 0.0538. The number of amides is 1. The number of alkyl halides is 1. The Morgan fingerprint density at radius 2 is 2.33 bits per heavy atom. The van der Waals surface area contributed by atoms with Crippen molar-refractivity contribution in [2.45, 2.75) is 23.7 Å². The lowest BCUT2D eigenvalue weighted by atomic mass is 10.2. The Balaban J connectivity index is 1.99. The highest BCUT2D eigenvalue weighted by Crippen LogP contribution is 2.23. The fraction of sp³-hybridized carbons (Fsp3) is 0.875. The largest absolute Gasteiger partial charge is 0.379 e. The van der Waals surface area contributed by atoms with Gasteiger partial charge in [-0.25, -0.2) is 0 Å². The summed E-state index contributed by atoms with van der Waals surface area (Å²) >= 11 is 3.36. The van der Waals surface area contributed by atoms with Gasteiger partial charge in [0, 0.05) is 13.2 Å². The summed E-state index contributed by atoms with van der Waals surface area (Å²) in [5.41, 5.74) is 0. The number of hydrogen-bond acceptors (Lipinski definition) is 2. The minimum Gasteiger partial charge on any atom is -0.379 e. The van der Waals surface area contributed by atoms with Crippen LogP contribution in [0, 0.1) is 0 Å². The lowest BCUT2D eigenvalue weighted by molar-refractivity contribution is -0.129. The van der Waals surface area contributed by atoms with Gasteiger partial charge < -0.3 is 9.64 Å². The van der Waals surface area contributed by atoms with Crippen LogP contribution < -0.4 is 0 Å². The Labute approximate surface area is 80.2 Å². The summed E-state index contributed by atoms with van der Waals surface area (Å²) in [6, 6.07) is 0.347. The first kappa shape index (κ1) is 8.51. The van der Waals surface area contributed by atoms with Crippen LogP contribution in [-0.2, 0) is 9.53 Å². The molecule has 3 nitrogen and oxygen atoms in total. The zero-order valence-corrected chi connectivity index (χ0v) is 8.42. The molecule has 0 bridgehead atoms. The summed E-state index contributed by atoms with van der Waals surface area (Å²) in [5.74, 6) is 0.241.